The smallest absolute Gasteiger partial charge is 0.142 e. The Bertz CT molecular complexity index is 687. The molecule has 7 heteroatoms. The largest absolute Gasteiger partial charge is 0.598 e. The molecule has 2 unspecified atom stereocenters. The van der Waals surface area contributed by atoms with Gasteiger partial charge in [-0.1, -0.05) is 13.3 Å². The van der Waals surface area contributed by atoms with Crippen LogP contribution < -0.4 is 4.90 Å². The van der Waals surface area contributed by atoms with Crippen LogP contribution in [-0.2, 0) is 11.4 Å². The summed E-state index contributed by atoms with van der Waals surface area (Å²) in [5.41, 5.74) is 0.875. The minimum absolute atomic E-state index is 0.382. The van der Waals surface area contributed by atoms with Crippen molar-refractivity contribution in [2.24, 2.45) is 5.92 Å². The highest BCUT2D eigenvalue weighted by molar-refractivity contribution is 7.89. The van der Waals surface area contributed by atoms with E-state index < -0.39 is 11.4 Å². The second kappa shape index (κ2) is 7.93. The summed E-state index contributed by atoms with van der Waals surface area (Å²) in [5.74, 6) is 2.29. The van der Waals surface area contributed by atoms with Gasteiger partial charge in [-0.15, -0.1) is 4.31 Å². The van der Waals surface area contributed by atoms with Crippen molar-refractivity contribution in [1.82, 2.24) is 19.3 Å². The van der Waals surface area contributed by atoms with Crippen LogP contribution in [0.2, 0.25) is 0 Å². The van der Waals surface area contributed by atoms with Gasteiger partial charge in [0.05, 0.1) is 11.4 Å². The van der Waals surface area contributed by atoms with Gasteiger partial charge in [-0.05, 0) is 32.3 Å². The van der Waals surface area contributed by atoms with Crippen LogP contribution in [0.1, 0.15) is 39.5 Å². The number of aromatic nitrogens is 3. The molecule has 25 heavy (non-hydrogen) atoms. The fourth-order valence-corrected chi connectivity index (χ4v) is 5.00. The van der Waals surface area contributed by atoms with Crippen molar-refractivity contribution in [3.8, 4) is 0 Å². The summed E-state index contributed by atoms with van der Waals surface area (Å²) >= 11 is -0.879. The van der Waals surface area contributed by atoms with Gasteiger partial charge in [-0.3, -0.25) is 0 Å². The third-order valence-corrected chi connectivity index (χ3v) is 7.21. The van der Waals surface area contributed by atoms with Gasteiger partial charge in [0.15, 0.2) is 0 Å². The second-order valence-electron chi connectivity index (χ2n) is 7.21. The Morgan fingerprint density at radius 2 is 2.12 bits per heavy atom. The second-order valence-corrected chi connectivity index (χ2v) is 8.76. The lowest BCUT2D eigenvalue weighted by atomic mass is 9.81. The monoisotopic (exact) mass is 363 g/mol. The van der Waals surface area contributed by atoms with Gasteiger partial charge < -0.3 is 14.4 Å². The molecule has 0 spiro atoms. The molecule has 3 rings (SSSR count). The van der Waals surface area contributed by atoms with Crippen LogP contribution in [0.25, 0.3) is 11.0 Å². The van der Waals surface area contributed by atoms with E-state index in [9.17, 15) is 4.55 Å². The lowest BCUT2D eigenvalue weighted by Gasteiger charge is -2.42. The van der Waals surface area contributed by atoms with Gasteiger partial charge in [-0.25, -0.2) is 9.97 Å². The Labute approximate surface area is 153 Å². The molecule has 1 aliphatic carbocycles. The fourth-order valence-electron chi connectivity index (χ4n) is 3.59. The number of hydrogen-bond donors (Lipinski definition) is 1. The Morgan fingerprint density at radius 3 is 2.84 bits per heavy atom. The number of nitrogens with zero attached hydrogens (tertiary/aromatic N) is 4. The van der Waals surface area contributed by atoms with Crippen molar-refractivity contribution in [3.63, 3.8) is 0 Å². The summed E-state index contributed by atoms with van der Waals surface area (Å²) in [6.45, 7) is 4.34. The third kappa shape index (κ3) is 3.93. The van der Waals surface area contributed by atoms with Gasteiger partial charge >= 0.3 is 0 Å². The highest BCUT2D eigenvalue weighted by atomic mass is 32.2. The average molecular weight is 364 g/mol. The van der Waals surface area contributed by atoms with Gasteiger partial charge in [-0.2, -0.15) is 0 Å². The zero-order valence-electron chi connectivity index (χ0n) is 15.6. The molecule has 0 aromatic carbocycles. The molecule has 2 atom stereocenters. The zero-order chi connectivity index (χ0) is 18.0. The molecule has 0 bridgehead atoms. The van der Waals surface area contributed by atoms with E-state index in [0.717, 1.165) is 48.3 Å². The maximum atomic E-state index is 12.5. The van der Waals surface area contributed by atoms with Gasteiger partial charge in [0.1, 0.15) is 23.5 Å². The highest BCUT2D eigenvalue weighted by Gasteiger charge is 2.37. The van der Waals surface area contributed by atoms with Crippen LogP contribution in [0.4, 0.5) is 5.82 Å². The molecule has 0 saturated heterocycles. The molecule has 1 fully saturated rings. The van der Waals surface area contributed by atoms with E-state index in [1.54, 1.807) is 6.33 Å². The minimum Gasteiger partial charge on any atom is -0.598 e. The van der Waals surface area contributed by atoms with Crippen LogP contribution in [0, 0.1) is 5.92 Å². The predicted molar refractivity (Wildman–Crippen MR) is 104 cm³/mol. The van der Waals surface area contributed by atoms with E-state index in [-0.39, 0.29) is 0 Å². The predicted octanol–water partition coefficient (Wildman–Crippen LogP) is 2.96. The van der Waals surface area contributed by atoms with E-state index in [1.165, 1.54) is 0 Å². The van der Waals surface area contributed by atoms with Gasteiger partial charge in [0, 0.05) is 43.6 Å². The van der Waals surface area contributed by atoms with E-state index >= 15 is 0 Å². The Hall–Kier alpha value is -1.31. The number of H-pyrrole nitrogens is 1. The Morgan fingerprint density at radius 1 is 1.36 bits per heavy atom. The van der Waals surface area contributed by atoms with Crippen LogP contribution >= 0.6 is 0 Å². The Kier molecular flexibility index (Phi) is 5.86. The molecular formula is C18H29N5OS. The molecule has 1 N–H and O–H groups in total. The van der Waals surface area contributed by atoms with Crippen molar-refractivity contribution in [1.29, 1.82) is 0 Å². The zero-order valence-corrected chi connectivity index (χ0v) is 16.4. The van der Waals surface area contributed by atoms with E-state index in [1.807, 2.05) is 23.6 Å². The van der Waals surface area contributed by atoms with Crippen molar-refractivity contribution in [2.45, 2.75) is 51.6 Å². The Balaban J connectivity index is 1.53. The first-order valence-electron chi connectivity index (χ1n) is 9.13. The summed E-state index contributed by atoms with van der Waals surface area (Å²) in [5, 5.41) is 1.06. The van der Waals surface area contributed by atoms with Gasteiger partial charge in [0.25, 0.3) is 0 Å². The summed E-state index contributed by atoms with van der Waals surface area (Å²) in [6, 6.07) is 2.87. The number of rotatable bonds is 8. The summed E-state index contributed by atoms with van der Waals surface area (Å²) < 4.78 is 14.6. The van der Waals surface area contributed by atoms with Gasteiger partial charge in [0.2, 0.25) is 0 Å². The SMILES string of the molecule is CCCC(C)N(C)[S+]([O-])C[C@H]1C[C@@H](N(C)c2ncnc3[nH]ccc23)C1. The van der Waals surface area contributed by atoms with Crippen LogP contribution in [0.5, 0.6) is 0 Å². The number of fused-ring (bicyclic) bond motifs is 1. The third-order valence-electron chi connectivity index (χ3n) is 5.45. The first-order chi connectivity index (χ1) is 12.0. The van der Waals surface area contributed by atoms with E-state index in [2.05, 4.69) is 40.7 Å². The maximum Gasteiger partial charge on any atom is 0.142 e. The highest BCUT2D eigenvalue weighted by Crippen LogP contribution is 2.36. The number of hydrogen-bond acceptors (Lipinski definition) is 5. The molecule has 1 aliphatic rings. The molecule has 2 aromatic rings. The maximum absolute atomic E-state index is 12.5. The van der Waals surface area contributed by atoms with Crippen molar-refractivity contribution in [2.75, 3.05) is 24.7 Å². The number of aromatic amines is 1. The molecule has 1 saturated carbocycles. The summed E-state index contributed by atoms with van der Waals surface area (Å²) in [6.07, 6.45) is 7.89. The summed E-state index contributed by atoms with van der Waals surface area (Å²) in [4.78, 5) is 14.1. The first-order valence-corrected chi connectivity index (χ1v) is 10.4. The molecule has 2 aromatic heterocycles. The molecule has 6 nitrogen and oxygen atoms in total. The summed E-state index contributed by atoms with van der Waals surface area (Å²) in [7, 11) is 4.09. The number of nitrogens with one attached hydrogen (secondary N) is 1. The molecule has 0 radical (unpaired) electrons. The molecule has 2 heterocycles. The van der Waals surface area contributed by atoms with Crippen molar-refractivity contribution in [3.05, 3.63) is 18.6 Å². The molecule has 0 amide bonds. The quantitative estimate of drug-likeness (QED) is 0.730. The van der Waals surface area contributed by atoms with E-state index in [0.29, 0.717) is 18.0 Å². The topological polar surface area (TPSA) is 71.1 Å². The number of anilines is 1. The average Bonchev–Trinajstić information content (AvgIpc) is 3.05. The van der Waals surface area contributed by atoms with Crippen LogP contribution in [-0.4, -0.2) is 55.7 Å². The van der Waals surface area contributed by atoms with E-state index in [4.69, 9.17) is 0 Å². The lowest BCUT2D eigenvalue weighted by molar-refractivity contribution is 0.275. The van der Waals surface area contributed by atoms with Crippen molar-refractivity contribution >= 4 is 28.2 Å². The molecule has 0 aliphatic heterocycles. The normalized spacial score (nSPS) is 22.8. The minimum atomic E-state index is -0.879. The van der Waals surface area contributed by atoms with Crippen LogP contribution in [0.15, 0.2) is 18.6 Å². The first kappa shape index (κ1) is 18.5. The molecular weight excluding hydrogens is 334 g/mol. The lowest BCUT2D eigenvalue weighted by Crippen LogP contribution is -2.47. The van der Waals surface area contributed by atoms with Crippen LogP contribution in [0.3, 0.4) is 0 Å². The fraction of sp³-hybridized carbons (Fsp3) is 0.667. The molecule has 138 valence electrons. The van der Waals surface area contributed by atoms with Crippen molar-refractivity contribution < 1.29 is 4.55 Å². The standard InChI is InChI=1S/C18H29N5OS/c1-5-6-13(2)23(4)25(24)11-14-9-15(10-14)22(3)18-16-7-8-19-17(16)20-12-21-18/h7-8,12-15H,5-6,9-11H2,1-4H3,(H,19,20,21)/t13?,14-,15+,25?.